The summed E-state index contributed by atoms with van der Waals surface area (Å²) in [6.07, 6.45) is -0.360. The minimum atomic E-state index is -1.54. The number of aliphatic carboxylic acids is 1. The molecular formula is C27H23N3O7. The molecule has 3 aromatic carbocycles. The summed E-state index contributed by atoms with van der Waals surface area (Å²) in [4.78, 5) is 53.6. The van der Waals surface area contributed by atoms with Crippen molar-refractivity contribution in [3.63, 3.8) is 0 Å². The minimum absolute atomic E-state index is 0.0882. The van der Waals surface area contributed by atoms with Gasteiger partial charge < -0.3 is 15.2 Å². The number of amides is 1. The molecule has 0 radical (unpaired) electrons. The van der Waals surface area contributed by atoms with E-state index in [-0.39, 0.29) is 24.3 Å². The van der Waals surface area contributed by atoms with Gasteiger partial charge in [0.25, 0.3) is 11.6 Å². The number of nitrogens with zero attached hydrogens (tertiary/aromatic N) is 2. The molecule has 0 aliphatic heterocycles. The van der Waals surface area contributed by atoms with Gasteiger partial charge in [-0.1, -0.05) is 48.5 Å². The van der Waals surface area contributed by atoms with Crippen LogP contribution in [0.25, 0.3) is 21.8 Å². The number of carbonyl (C=O) groups excluding carboxylic acids is 2. The number of benzene rings is 3. The number of carboxylic acid groups (broad SMARTS) is 1. The molecule has 0 saturated carbocycles. The first-order valence-electron chi connectivity index (χ1n) is 11.5. The van der Waals surface area contributed by atoms with Gasteiger partial charge in [-0.15, -0.1) is 0 Å². The van der Waals surface area contributed by atoms with Crippen molar-refractivity contribution in [2.75, 3.05) is 6.61 Å². The number of nitro groups is 1. The van der Waals surface area contributed by atoms with Gasteiger partial charge in [0.1, 0.15) is 6.04 Å². The molecule has 188 valence electrons. The van der Waals surface area contributed by atoms with Crippen LogP contribution in [0.4, 0.5) is 5.69 Å². The van der Waals surface area contributed by atoms with Crippen molar-refractivity contribution in [2.24, 2.45) is 0 Å². The lowest BCUT2D eigenvalue weighted by molar-refractivity contribution is -0.384. The van der Waals surface area contributed by atoms with Crippen molar-refractivity contribution in [1.82, 2.24) is 10.3 Å². The van der Waals surface area contributed by atoms with Gasteiger partial charge in [-0.05, 0) is 24.6 Å². The summed E-state index contributed by atoms with van der Waals surface area (Å²) in [5, 5.41) is 24.9. The Bertz CT molecular complexity index is 1450. The number of carbonyl (C=O) groups is 3. The van der Waals surface area contributed by atoms with Gasteiger partial charge in [-0.2, -0.15) is 0 Å². The minimum Gasteiger partial charge on any atom is -0.480 e. The lowest BCUT2D eigenvalue weighted by Gasteiger charge is -2.25. The molecule has 0 spiro atoms. The van der Waals surface area contributed by atoms with E-state index < -0.39 is 34.7 Å². The van der Waals surface area contributed by atoms with E-state index in [1.165, 1.54) is 24.3 Å². The Labute approximate surface area is 211 Å². The van der Waals surface area contributed by atoms with Crippen LogP contribution >= 0.6 is 0 Å². The topological polar surface area (TPSA) is 149 Å². The number of nitrogens with one attached hydrogen (secondary N) is 1. The molecule has 1 heterocycles. The first kappa shape index (κ1) is 25.2. The molecule has 10 nitrogen and oxygen atoms in total. The SMILES string of the molecule is CCOC(=O)C[C@H](c1ccc([N+](=O)[O-])cc1)[C@H](NC(=O)c1c2ccccc2nc2ccccc12)C(=O)O. The van der Waals surface area contributed by atoms with Crippen LogP contribution in [-0.4, -0.2) is 45.5 Å². The normalized spacial score (nSPS) is 12.6. The fourth-order valence-electron chi connectivity index (χ4n) is 4.30. The molecule has 1 aromatic heterocycles. The van der Waals surface area contributed by atoms with Crippen LogP contribution in [0.1, 0.15) is 35.2 Å². The molecule has 0 bridgehead atoms. The summed E-state index contributed by atoms with van der Waals surface area (Å²) in [7, 11) is 0. The molecule has 2 N–H and O–H groups in total. The van der Waals surface area contributed by atoms with Crippen molar-refractivity contribution in [1.29, 1.82) is 0 Å². The Morgan fingerprint density at radius 1 is 0.973 bits per heavy atom. The van der Waals surface area contributed by atoms with E-state index in [1.807, 2.05) is 0 Å². The highest BCUT2D eigenvalue weighted by atomic mass is 16.6. The molecular weight excluding hydrogens is 478 g/mol. The monoisotopic (exact) mass is 501 g/mol. The third-order valence-electron chi connectivity index (χ3n) is 5.99. The molecule has 0 aliphatic rings. The summed E-state index contributed by atoms with van der Waals surface area (Å²) >= 11 is 0. The largest absolute Gasteiger partial charge is 0.480 e. The van der Waals surface area contributed by atoms with Crippen LogP contribution in [0.15, 0.2) is 72.8 Å². The van der Waals surface area contributed by atoms with E-state index in [0.29, 0.717) is 27.4 Å². The first-order valence-corrected chi connectivity index (χ1v) is 11.5. The van der Waals surface area contributed by atoms with E-state index in [0.717, 1.165) is 0 Å². The quantitative estimate of drug-likeness (QED) is 0.150. The van der Waals surface area contributed by atoms with Gasteiger partial charge >= 0.3 is 11.9 Å². The molecule has 1 amide bonds. The standard InChI is InChI=1S/C27H23N3O7/c1-2-37-23(31)15-20(16-11-13-17(14-12-16)30(35)36)25(27(33)34)29-26(32)24-18-7-3-5-9-21(18)28-22-10-6-4-8-19(22)24/h3-14,20,25H,2,15H2,1H3,(H,29,32)(H,33,34)/t20-,25+/m1/s1. The molecule has 0 saturated heterocycles. The molecule has 0 fully saturated rings. The molecule has 37 heavy (non-hydrogen) atoms. The van der Waals surface area contributed by atoms with E-state index >= 15 is 0 Å². The van der Waals surface area contributed by atoms with Gasteiger partial charge in [0.2, 0.25) is 0 Å². The highest BCUT2D eigenvalue weighted by Gasteiger charge is 2.34. The van der Waals surface area contributed by atoms with Crippen molar-refractivity contribution < 1.29 is 29.2 Å². The Morgan fingerprint density at radius 2 is 1.54 bits per heavy atom. The zero-order valence-electron chi connectivity index (χ0n) is 19.8. The number of nitro benzene ring substituents is 1. The van der Waals surface area contributed by atoms with Gasteiger partial charge in [-0.3, -0.25) is 19.7 Å². The summed E-state index contributed by atoms with van der Waals surface area (Å²) in [5.74, 6) is -3.74. The molecule has 4 aromatic rings. The summed E-state index contributed by atoms with van der Waals surface area (Å²) in [5.41, 5.74) is 1.53. The Morgan fingerprint density at radius 3 is 2.05 bits per heavy atom. The van der Waals surface area contributed by atoms with Gasteiger partial charge in [0.05, 0.1) is 34.5 Å². The Hall–Kier alpha value is -4.86. The maximum absolute atomic E-state index is 13.7. The van der Waals surface area contributed by atoms with E-state index in [1.54, 1.807) is 55.5 Å². The van der Waals surface area contributed by atoms with Gasteiger partial charge in [-0.25, -0.2) is 9.78 Å². The fraction of sp³-hybridized carbons (Fsp3) is 0.185. The number of rotatable bonds is 9. The molecule has 10 heteroatoms. The number of hydrogen-bond acceptors (Lipinski definition) is 7. The van der Waals surface area contributed by atoms with Crippen molar-refractivity contribution in [2.45, 2.75) is 25.3 Å². The Balaban J connectivity index is 1.78. The maximum Gasteiger partial charge on any atom is 0.326 e. The molecule has 0 unspecified atom stereocenters. The van der Waals surface area contributed by atoms with Crippen LogP contribution in [0.3, 0.4) is 0 Å². The van der Waals surface area contributed by atoms with Crippen molar-refractivity contribution in [3.8, 4) is 0 Å². The van der Waals surface area contributed by atoms with E-state index in [2.05, 4.69) is 10.3 Å². The zero-order chi connectivity index (χ0) is 26.5. The molecule has 4 rings (SSSR count). The first-order chi connectivity index (χ1) is 17.8. The predicted octanol–water partition coefficient (Wildman–Crippen LogP) is 4.22. The third-order valence-corrected chi connectivity index (χ3v) is 5.99. The van der Waals surface area contributed by atoms with Crippen LogP contribution in [0.2, 0.25) is 0 Å². The highest BCUT2D eigenvalue weighted by molar-refractivity contribution is 6.16. The lowest BCUT2D eigenvalue weighted by Crippen LogP contribution is -2.45. The van der Waals surface area contributed by atoms with Gasteiger partial charge in [0.15, 0.2) is 0 Å². The highest BCUT2D eigenvalue weighted by Crippen LogP contribution is 2.29. The summed E-state index contributed by atoms with van der Waals surface area (Å²) in [6, 6.07) is 17.7. The van der Waals surface area contributed by atoms with Crippen LogP contribution in [0.5, 0.6) is 0 Å². The predicted molar refractivity (Wildman–Crippen MR) is 135 cm³/mol. The number of pyridine rings is 1. The lowest BCUT2D eigenvalue weighted by atomic mass is 9.87. The number of non-ortho nitro benzene ring substituents is 1. The van der Waals surface area contributed by atoms with Gasteiger partial charge in [0, 0.05) is 28.8 Å². The number of ether oxygens (including phenoxy) is 1. The van der Waals surface area contributed by atoms with Crippen molar-refractivity contribution >= 4 is 45.3 Å². The number of hydrogen-bond donors (Lipinski definition) is 2. The van der Waals surface area contributed by atoms with Crippen molar-refractivity contribution in [3.05, 3.63) is 94.0 Å². The average molecular weight is 501 g/mol. The fourth-order valence-corrected chi connectivity index (χ4v) is 4.30. The third kappa shape index (κ3) is 5.37. The molecule has 2 atom stereocenters. The second-order valence-corrected chi connectivity index (χ2v) is 8.27. The number of para-hydroxylation sites is 2. The van der Waals surface area contributed by atoms with E-state index in [4.69, 9.17) is 4.74 Å². The number of carboxylic acids is 1. The van der Waals surface area contributed by atoms with Crippen LogP contribution in [-0.2, 0) is 14.3 Å². The van der Waals surface area contributed by atoms with Crippen LogP contribution in [0, 0.1) is 10.1 Å². The number of fused-ring (bicyclic) bond motifs is 2. The smallest absolute Gasteiger partial charge is 0.326 e. The number of aromatic nitrogens is 1. The zero-order valence-corrected chi connectivity index (χ0v) is 19.8. The second-order valence-electron chi connectivity index (χ2n) is 8.27. The molecule has 0 aliphatic carbocycles. The van der Waals surface area contributed by atoms with Crippen LogP contribution < -0.4 is 5.32 Å². The van der Waals surface area contributed by atoms with E-state index in [9.17, 15) is 29.6 Å². The number of esters is 1. The second kappa shape index (κ2) is 10.8. The Kier molecular flexibility index (Phi) is 7.38. The maximum atomic E-state index is 13.7. The average Bonchev–Trinajstić information content (AvgIpc) is 2.89. The summed E-state index contributed by atoms with van der Waals surface area (Å²) < 4.78 is 5.03. The summed E-state index contributed by atoms with van der Waals surface area (Å²) in [6.45, 7) is 1.71.